The smallest absolute Gasteiger partial charge is 0.250 e. The summed E-state index contributed by atoms with van der Waals surface area (Å²) in [5.41, 5.74) is 0.856. The topological polar surface area (TPSA) is 45.8 Å². The number of pyridine rings is 1. The first-order valence-electron chi connectivity index (χ1n) is 5.41. The first-order valence-corrected chi connectivity index (χ1v) is 5.41. The van der Waals surface area contributed by atoms with Crippen molar-refractivity contribution < 1.29 is 0 Å². The Morgan fingerprint density at radius 1 is 1.12 bits per heavy atom. The van der Waals surface area contributed by atoms with Crippen molar-refractivity contribution in [2.75, 3.05) is 0 Å². The van der Waals surface area contributed by atoms with E-state index in [1.165, 1.54) is 6.07 Å². The van der Waals surface area contributed by atoms with Crippen molar-refractivity contribution in [2.24, 2.45) is 0 Å². The summed E-state index contributed by atoms with van der Waals surface area (Å²) >= 11 is 0. The molecule has 0 amide bonds. The van der Waals surface area contributed by atoms with E-state index in [2.05, 4.69) is 6.07 Å². The molecule has 0 bridgehead atoms. The molecule has 1 aromatic heterocycles. The van der Waals surface area contributed by atoms with Crippen molar-refractivity contribution >= 4 is 0 Å². The number of hydrogen-bond donors (Lipinski definition) is 0. The van der Waals surface area contributed by atoms with E-state index < -0.39 is 0 Å². The summed E-state index contributed by atoms with van der Waals surface area (Å²) < 4.78 is 1.56. The van der Waals surface area contributed by atoms with E-state index in [4.69, 9.17) is 5.26 Å². The van der Waals surface area contributed by atoms with Gasteiger partial charge in [0.2, 0.25) is 0 Å². The molecule has 0 aliphatic rings. The monoisotopic (exact) mass is 224 g/mol. The highest BCUT2D eigenvalue weighted by molar-refractivity contribution is 5.24. The van der Waals surface area contributed by atoms with E-state index in [1.807, 2.05) is 30.3 Å². The van der Waals surface area contributed by atoms with Crippen molar-refractivity contribution in [3.05, 3.63) is 70.6 Å². The SMILES string of the molecule is N#CC(Cn1ccccc1=O)c1ccccc1. The highest BCUT2D eigenvalue weighted by Crippen LogP contribution is 2.15. The molecule has 1 aromatic carbocycles. The lowest BCUT2D eigenvalue weighted by atomic mass is 10.0. The molecule has 17 heavy (non-hydrogen) atoms. The molecule has 0 radical (unpaired) electrons. The Kier molecular flexibility index (Phi) is 3.37. The number of benzene rings is 1. The molecule has 2 rings (SSSR count). The van der Waals surface area contributed by atoms with Gasteiger partial charge in [0.15, 0.2) is 0 Å². The third-order valence-electron chi connectivity index (χ3n) is 2.64. The summed E-state index contributed by atoms with van der Waals surface area (Å²) in [4.78, 5) is 11.6. The quantitative estimate of drug-likeness (QED) is 0.802. The fraction of sp³-hybridized carbons (Fsp3) is 0.143. The van der Waals surface area contributed by atoms with Gasteiger partial charge in [0.25, 0.3) is 5.56 Å². The van der Waals surface area contributed by atoms with Crippen LogP contribution in [0, 0.1) is 11.3 Å². The predicted molar refractivity (Wildman–Crippen MR) is 65.5 cm³/mol. The van der Waals surface area contributed by atoms with Crippen LogP contribution in [0.5, 0.6) is 0 Å². The van der Waals surface area contributed by atoms with Crippen molar-refractivity contribution in [3.63, 3.8) is 0 Å². The molecule has 0 fully saturated rings. The van der Waals surface area contributed by atoms with Crippen molar-refractivity contribution in [1.29, 1.82) is 5.26 Å². The summed E-state index contributed by atoms with van der Waals surface area (Å²) in [6.07, 6.45) is 1.70. The van der Waals surface area contributed by atoms with Crippen LogP contribution in [0.3, 0.4) is 0 Å². The van der Waals surface area contributed by atoms with Gasteiger partial charge in [0.05, 0.1) is 12.0 Å². The summed E-state index contributed by atoms with van der Waals surface area (Å²) in [5.74, 6) is -0.295. The Bertz CT molecular complexity index is 581. The third kappa shape index (κ3) is 2.61. The van der Waals surface area contributed by atoms with Crippen LogP contribution in [0.15, 0.2) is 59.5 Å². The van der Waals surface area contributed by atoms with Gasteiger partial charge < -0.3 is 4.57 Å². The average molecular weight is 224 g/mol. The van der Waals surface area contributed by atoms with E-state index in [0.29, 0.717) is 6.54 Å². The van der Waals surface area contributed by atoms with Gasteiger partial charge in [0, 0.05) is 18.8 Å². The van der Waals surface area contributed by atoms with Crippen LogP contribution in [0.2, 0.25) is 0 Å². The zero-order chi connectivity index (χ0) is 12.1. The van der Waals surface area contributed by atoms with E-state index in [1.54, 1.807) is 22.9 Å². The summed E-state index contributed by atoms with van der Waals surface area (Å²) in [5, 5.41) is 9.17. The molecular formula is C14H12N2O. The highest BCUT2D eigenvalue weighted by atomic mass is 16.1. The predicted octanol–water partition coefficient (Wildman–Crippen LogP) is 2.16. The van der Waals surface area contributed by atoms with Gasteiger partial charge >= 0.3 is 0 Å². The van der Waals surface area contributed by atoms with Crippen LogP contribution >= 0.6 is 0 Å². The molecule has 1 heterocycles. The number of rotatable bonds is 3. The van der Waals surface area contributed by atoms with Crippen LogP contribution in [0.1, 0.15) is 11.5 Å². The van der Waals surface area contributed by atoms with Crippen LogP contribution in [-0.4, -0.2) is 4.57 Å². The van der Waals surface area contributed by atoms with E-state index in [9.17, 15) is 4.79 Å². The molecule has 3 nitrogen and oxygen atoms in total. The molecule has 0 aliphatic carbocycles. The van der Waals surface area contributed by atoms with E-state index in [-0.39, 0.29) is 11.5 Å². The largest absolute Gasteiger partial charge is 0.314 e. The minimum absolute atomic E-state index is 0.0799. The van der Waals surface area contributed by atoms with Crippen LogP contribution < -0.4 is 5.56 Å². The number of hydrogen-bond acceptors (Lipinski definition) is 2. The summed E-state index contributed by atoms with van der Waals surface area (Å²) in [7, 11) is 0. The lowest BCUT2D eigenvalue weighted by Crippen LogP contribution is -2.21. The minimum Gasteiger partial charge on any atom is -0.314 e. The molecule has 0 saturated heterocycles. The second-order valence-corrected chi connectivity index (χ2v) is 3.78. The Hall–Kier alpha value is -2.34. The normalized spacial score (nSPS) is 11.7. The van der Waals surface area contributed by atoms with Crippen LogP contribution in [0.25, 0.3) is 0 Å². The Balaban J connectivity index is 2.26. The van der Waals surface area contributed by atoms with Crippen LogP contribution in [0.4, 0.5) is 0 Å². The Morgan fingerprint density at radius 2 is 1.82 bits per heavy atom. The maximum absolute atomic E-state index is 11.6. The molecular weight excluding hydrogens is 212 g/mol. The molecule has 2 aromatic rings. The first kappa shape index (κ1) is 11.2. The molecule has 3 heteroatoms. The number of nitriles is 1. The first-order chi connectivity index (χ1) is 8.31. The minimum atomic E-state index is -0.295. The second kappa shape index (κ2) is 5.13. The number of nitrogens with zero attached hydrogens (tertiary/aromatic N) is 2. The number of aromatic nitrogens is 1. The van der Waals surface area contributed by atoms with Gasteiger partial charge in [-0.05, 0) is 11.6 Å². The molecule has 0 N–H and O–H groups in total. The molecule has 0 saturated carbocycles. The highest BCUT2D eigenvalue weighted by Gasteiger charge is 2.10. The molecule has 0 spiro atoms. The molecule has 84 valence electrons. The zero-order valence-electron chi connectivity index (χ0n) is 9.28. The Labute approximate surface area is 99.6 Å². The van der Waals surface area contributed by atoms with Crippen LogP contribution in [-0.2, 0) is 6.54 Å². The molecule has 0 aliphatic heterocycles. The molecule has 1 unspecified atom stereocenters. The van der Waals surface area contributed by atoms with Gasteiger partial charge in [0.1, 0.15) is 0 Å². The maximum Gasteiger partial charge on any atom is 0.250 e. The maximum atomic E-state index is 11.6. The van der Waals surface area contributed by atoms with Crippen molar-refractivity contribution in [3.8, 4) is 6.07 Å². The second-order valence-electron chi connectivity index (χ2n) is 3.78. The van der Waals surface area contributed by atoms with E-state index >= 15 is 0 Å². The molecule has 1 atom stereocenters. The standard InChI is InChI=1S/C14H12N2O/c15-10-13(12-6-2-1-3-7-12)11-16-9-5-4-8-14(16)17/h1-9,13H,11H2. The fourth-order valence-corrected chi connectivity index (χ4v) is 1.71. The van der Waals surface area contributed by atoms with Gasteiger partial charge in [-0.3, -0.25) is 4.79 Å². The Morgan fingerprint density at radius 3 is 2.47 bits per heavy atom. The third-order valence-corrected chi connectivity index (χ3v) is 2.64. The van der Waals surface area contributed by atoms with Crippen molar-refractivity contribution in [2.45, 2.75) is 12.5 Å². The lowest BCUT2D eigenvalue weighted by molar-refractivity contribution is 0.624. The van der Waals surface area contributed by atoms with Crippen molar-refractivity contribution in [1.82, 2.24) is 4.57 Å². The lowest BCUT2D eigenvalue weighted by Gasteiger charge is -2.11. The van der Waals surface area contributed by atoms with Gasteiger partial charge in [-0.25, -0.2) is 0 Å². The fourth-order valence-electron chi connectivity index (χ4n) is 1.71. The van der Waals surface area contributed by atoms with Gasteiger partial charge in [-0.1, -0.05) is 36.4 Å². The average Bonchev–Trinajstić information content (AvgIpc) is 2.39. The zero-order valence-corrected chi connectivity index (χ0v) is 9.28. The summed E-state index contributed by atoms with van der Waals surface area (Å²) in [6.45, 7) is 0.389. The van der Waals surface area contributed by atoms with E-state index in [0.717, 1.165) is 5.56 Å². The van der Waals surface area contributed by atoms with Gasteiger partial charge in [-0.15, -0.1) is 0 Å². The summed E-state index contributed by atoms with van der Waals surface area (Å²) in [6, 6.07) is 16.7. The van der Waals surface area contributed by atoms with Gasteiger partial charge in [-0.2, -0.15) is 5.26 Å².